The molecule has 0 fully saturated rings. The van der Waals surface area contributed by atoms with Gasteiger partial charge in [0.15, 0.2) is 0 Å². The highest BCUT2D eigenvalue weighted by Crippen LogP contribution is 2.40. The van der Waals surface area contributed by atoms with Crippen molar-refractivity contribution in [1.29, 1.82) is 0 Å². The molecule has 0 amide bonds. The third kappa shape index (κ3) is 3.52. The van der Waals surface area contributed by atoms with Crippen molar-refractivity contribution >= 4 is 54.1 Å². The number of fused-ring (bicyclic) bond motifs is 9. The number of aromatic nitrogens is 3. The van der Waals surface area contributed by atoms with E-state index in [9.17, 15) is 0 Å². The van der Waals surface area contributed by atoms with Gasteiger partial charge in [0.05, 0.1) is 11.0 Å². The topological polar surface area (TPSA) is 22.8 Å². The standard InChI is InChI=1S/C40H27N3/c1-42-23-22-41-40(42)35-17-9-19-38-39(35)34-16-6-7-18-37(34)43(38)28-11-8-10-26(24-28)27-20-21-33-31-14-3-2-12-29(31)30-13-4-5-15-32(30)36(33)25-27/h2-25H,1H3. The SMILES string of the molecule is Cn1ccnc1-c1cccc2c1c1ccccc1n2-c1cccc(-c2ccc3c4ccccc4c4ccccc4c3c2)c1. The predicted octanol–water partition coefficient (Wildman–Crippen LogP) is 10.3. The van der Waals surface area contributed by atoms with Crippen LogP contribution in [0.2, 0.25) is 0 Å². The van der Waals surface area contributed by atoms with Crippen LogP contribution in [0.15, 0.2) is 146 Å². The maximum Gasteiger partial charge on any atom is 0.140 e. The van der Waals surface area contributed by atoms with Crippen molar-refractivity contribution in [2.45, 2.75) is 0 Å². The first-order chi connectivity index (χ1) is 21.3. The van der Waals surface area contributed by atoms with Crippen LogP contribution in [0.3, 0.4) is 0 Å². The lowest BCUT2D eigenvalue weighted by Crippen LogP contribution is -1.95. The van der Waals surface area contributed by atoms with Crippen LogP contribution in [0.4, 0.5) is 0 Å². The lowest BCUT2D eigenvalue weighted by molar-refractivity contribution is 0.926. The first-order valence-corrected chi connectivity index (χ1v) is 14.7. The molecule has 0 aliphatic carbocycles. The second kappa shape index (κ2) is 9.17. The van der Waals surface area contributed by atoms with E-state index in [1.54, 1.807) is 0 Å². The van der Waals surface area contributed by atoms with Gasteiger partial charge in [-0.3, -0.25) is 0 Å². The molecule has 0 radical (unpaired) electrons. The Balaban J connectivity index is 1.28. The first-order valence-electron chi connectivity index (χ1n) is 14.7. The van der Waals surface area contributed by atoms with E-state index in [1.807, 2.05) is 12.4 Å². The minimum absolute atomic E-state index is 0.971. The van der Waals surface area contributed by atoms with Crippen LogP contribution in [0, 0.1) is 0 Å². The first kappa shape index (κ1) is 24.0. The van der Waals surface area contributed by atoms with E-state index in [2.05, 4.69) is 150 Å². The fourth-order valence-corrected chi connectivity index (χ4v) is 7.02. The normalized spacial score (nSPS) is 11.8. The summed E-state index contributed by atoms with van der Waals surface area (Å²) in [7, 11) is 2.05. The number of imidazole rings is 1. The van der Waals surface area contributed by atoms with Crippen LogP contribution in [0.5, 0.6) is 0 Å². The Morgan fingerprint density at radius 2 is 1.09 bits per heavy atom. The van der Waals surface area contributed by atoms with Crippen molar-refractivity contribution < 1.29 is 0 Å². The summed E-state index contributed by atoms with van der Waals surface area (Å²) in [5.41, 5.74) is 7.06. The summed E-state index contributed by atoms with van der Waals surface area (Å²) in [6.45, 7) is 0. The Kier molecular flexibility index (Phi) is 5.11. The second-order valence-corrected chi connectivity index (χ2v) is 11.3. The highest BCUT2D eigenvalue weighted by molar-refractivity contribution is 6.25. The fourth-order valence-electron chi connectivity index (χ4n) is 7.02. The molecule has 2 heterocycles. The van der Waals surface area contributed by atoms with Crippen LogP contribution in [-0.4, -0.2) is 14.1 Å². The molecule has 0 atom stereocenters. The summed E-state index contributed by atoms with van der Waals surface area (Å²) in [6.07, 6.45) is 3.87. The molecular formula is C40H27N3. The molecule has 9 aromatic rings. The van der Waals surface area contributed by atoms with E-state index in [-0.39, 0.29) is 0 Å². The molecule has 43 heavy (non-hydrogen) atoms. The van der Waals surface area contributed by atoms with Gasteiger partial charge in [-0.1, -0.05) is 103 Å². The van der Waals surface area contributed by atoms with Gasteiger partial charge in [0.2, 0.25) is 0 Å². The maximum absolute atomic E-state index is 4.70. The molecule has 9 rings (SSSR count). The van der Waals surface area contributed by atoms with E-state index >= 15 is 0 Å². The largest absolute Gasteiger partial charge is 0.334 e. The van der Waals surface area contributed by atoms with E-state index in [0.29, 0.717) is 0 Å². The number of hydrogen-bond donors (Lipinski definition) is 0. The van der Waals surface area contributed by atoms with Gasteiger partial charge in [0.25, 0.3) is 0 Å². The molecule has 7 aromatic carbocycles. The molecule has 0 saturated carbocycles. The Hall–Kier alpha value is -5.67. The molecule has 0 saturated heterocycles. The number of nitrogens with zero attached hydrogens (tertiary/aromatic N) is 3. The van der Waals surface area contributed by atoms with Gasteiger partial charge in [0.1, 0.15) is 5.82 Å². The minimum atomic E-state index is 0.971. The van der Waals surface area contributed by atoms with Crippen LogP contribution in [0.1, 0.15) is 0 Å². The van der Waals surface area contributed by atoms with E-state index < -0.39 is 0 Å². The third-order valence-corrected chi connectivity index (χ3v) is 8.94. The molecule has 0 N–H and O–H groups in total. The third-order valence-electron chi connectivity index (χ3n) is 8.94. The lowest BCUT2D eigenvalue weighted by atomic mass is 9.92. The van der Waals surface area contributed by atoms with Crippen LogP contribution < -0.4 is 0 Å². The molecular weight excluding hydrogens is 522 g/mol. The van der Waals surface area contributed by atoms with Crippen LogP contribution >= 0.6 is 0 Å². The molecule has 3 heteroatoms. The molecule has 2 aromatic heterocycles. The number of hydrogen-bond acceptors (Lipinski definition) is 1. The summed E-state index contributed by atoms with van der Waals surface area (Å²) in [4.78, 5) is 4.70. The summed E-state index contributed by atoms with van der Waals surface area (Å²) >= 11 is 0. The average molecular weight is 550 g/mol. The van der Waals surface area contributed by atoms with Gasteiger partial charge in [-0.2, -0.15) is 0 Å². The quantitative estimate of drug-likeness (QED) is 0.201. The summed E-state index contributed by atoms with van der Waals surface area (Å²) < 4.78 is 4.48. The van der Waals surface area contributed by atoms with E-state index in [1.165, 1.54) is 65.3 Å². The molecule has 0 spiro atoms. The zero-order chi connectivity index (χ0) is 28.5. The predicted molar refractivity (Wildman–Crippen MR) is 181 cm³/mol. The summed E-state index contributed by atoms with van der Waals surface area (Å²) in [5, 5.41) is 10.2. The van der Waals surface area contributed by atoms with Crippen molar-refractivity contribution in [2.24, 2.45) is 7.05 Å². The zero-order valence-electron chi connectivity index (χ0n) is 23.7. The maximum atomic E-state index is 4.70. The number of benzene rings is 7. The monoisotopic (exact) mass is 549 g/mol. The van der Waals surface area contributed by atoms with Crippen LogP contribution in [-0.2, 0) is 7.05 Å². The van der Waals surface area contributed by atoms with E-state index in [0.717, 1.165) is 17.1 Å². The molecule has 3 nitrogen and oxygen atoms in total. The molecule has 0 aliphatic rings. The average Bonchev–Trinajstić information content (AvgIpc) is 3.65. The highest BCUT2D eigenvalue weighted by Gasteiger charge is 2.18. The number of rotatable bonds is 3. The van der Waals surface area contributed by atoms with Gasteiger partial charge in [0, 0.05) is 41.5 Å². The number of para-hydroxylation sites is 1. The highest BCUT2D eigenvalue weighted by atomic mass is 15.0. The van der Waals surface area contributed by atoms with Crippen molar-refractivity contribution in [1.82, 2.24) is 14.1 Å². The smallest absolute Gasteiger partial charge is 0.140 e. The Morgan fingerprint density at radius 3 is 1.81 bits per heavy atom. The molecule has 202 valence electrons. The minimum Gasteiger partial charge on any atom is -0.334 e. The van der Waals surface area contributed by atoms with Gasteiger partial charge < -0.3 is 9.13 Å². The number of aryl methyl sites for hydroxylation is 1. The van der Waals surface area contributed by atoms with Gasteiger partial charge in [-0.25, -0.2) is 4.98 Å². The summed E-state index contributed by atoms with van der Waals surface area (Å²) in [6, 6.07) is 48.6. The van der Waals surface area contributed by atoms with Gasteiger partial charge >= 0.3 is 0 Å². The van der Waals surface area contributed by atoms with E-state index in [4.69, 9.17) is 4.98 Å². The molecule has 0 bridgehead atoms. The Bertz CT molecular complexity index is 2490. The Morgan fingerprint density at radius 1 is 0.488 bits per heavy atom. The molecule has 0 aliphatic heterocycles. The van der Waals surface area contributed by atoms with Crippen molar-refractivity contribution in [2.75, 3.05) is 0 Å². The Labute approximate surface area is 248 Å². The zero-order valence-corrected chi connectivity index (χ0v) is 23.7. The van der Waals surface area contributed by atoms with Crippen molar-refractivity contribution in [3.05, 3.63) is 146 Å². The van der Waals surface area contributed by atoms with Gasteiger partial charge in [-0.15, -0.1) is 0 Å². The van der Waals surface area contributed by atoms with Gasteiger partial charge in [-0.05, 0) is 73.8 Å². The fraction of sp³-hybridized carbons (Fsp3) is 0.0250. The van der Waals surface area contributed by atoms with Crippen molar-refractivity contribution in [3.63, 3.8) is 0 Å². The summed E-state index contributed by atoms with van der Waals surface area (Å²) in [5.74, 6) is 0.971. The van der Waals surface area contributed by atoms with Crippen LogP contribution in [0.25, 0.3) is 82.3 Å². The molecule has 0 unspecified atom stereocenters. The lowest BCUT2D eigenvalue weighted by Gasteiger charge is -2.13. The van der Waals surface area contributed by atoms with Crippen molar-refractivity contribution in [3.8, 4) is 28.2 Å². The second-order valence-electron chi connectivity index (χ2n) is 11.3.